The first kappa shape index (κ1) is 16.8. The molecule has 1 heterocycles. The minimum atomic E-state index is 0.0862. The van der Waals surface area contributed by atoms with E-state index in [1.807, 2.05) is 47.0 Å². The first-order valence-corrected chi connectivity index (χ1v) is 8.76. The average Bonchev–Trinajstić information content (AvgIpc) is 3.03. The van der Waals surface area contributed by atoms with Crippen LogP contribution in [-0.2, 0) is 6.61 Å². The Kier molecular flexibility index (Phi) is 5.74. The number of aliphatic hydroxyl groups excluding tert-OH is 1. The molecule has 1 N–H and O–H groups in total. The lowest BCUT2D eigenvalue weighted by molar-refractivity contribution is 0.293. The third-order valence-corrected chi connectivity index (χ3v) is 4.38. The zero-order valence-corrected chi connectivity index (χ0v) is 14.4. The van der Waals surface area contributed by atoms with Crippen LogP contribution in [0.5, 0.6) is 5.75 Å². The summed E-state index contributed by atoms with van der Waals surface area (Å²) in [4.78, 5) is 0. The summed E-state index contributed by atoms with van der Waals surface area (Å²) in [6.07, 6.45) is 0. The van der Waals surface area contributed by atoms with Gasteiger partial charge in [0.2, 0.25) is 0 Å². The van der Waals surface area contributed by atoms with Crippen molar-refractivity contribution in [2.75, 3.05) is 12.4 Å². The highest BCUT2D eigenvalue weighted by Gasteiger charge is 2.14. The second-order valence-electron chi connectivity index (χ2n) is 4.88. The van der Waals surface area contributed by atoms with Crippen LogP contribution >= 0.6 is 23.4 Å². The predicted molar refractivity (Wildman–Crippen MR) is 95.0 cm³/mol. The van der Waals surface area contributed by atoms with Crippen LogP contribution in [-0.4, -0.2) is 32.2 Å². The lowest BCUT2D eigenvalue weighted by Crippen LogP contribution is -2.07. The summed E-state index contributed by atoms with van der Waals surface area (Å²) in [5, 5.41) is 18.9. The van der Waals surface area contributed by atoms with E-state index in [4.69, 9.17) is 21.4 Å². The van der Waals surface area contributed by atoms with Gasteiger partial charge in [0.25, 0.3) is 0 Å². The van der Waals surface area contributed by atoms with Gasteiger partial charge in [0, 0.05) is 16.5 Å². The lowest BCUT2D eigenvalue weighted by atomic mass is 10.3. The molecule has 0 spiro atoms. The second kappa shape index (κ2) is 8.19. The molecule has 1 aromatic heterocycles. The van der Waals surface area contributed by atoms with E-state index in [0.717, 1.165) is 10.8 Å². The van der Waals surface area contributed by atoms with E-state index in [9.17, 15) is 0 Å². The third kappa shape index (κ3) is 4.08. The Morgan fingerprint density at radius 3 is 2.50 bits per heavy atom. The predicted octanol–water partition coefficient (Wildman–Crippen LogP) is 3.58. The topological polar surface area (TPSA) is 60.2 Å². The summed E-state index contributed by atoms with van der Waals surface area (Å²) in [6, 6.07) is 17.0. The first-order chi connectivity index (χ1) is 11.8. The quantitative estimate of drug-likeness (QED) is 0.652. The normalized spacial score (nSPS) is 10.8. The average molecular weight is 362 g/mol. The zero-order valence-electron chi connectivity index (χ0n) is 12.8. The van der Waals surface area contributed by atoms with Crippen molar-refractivity contribution < 1.29 is 9.84 Å². The van der Waals surface area contributed by atoms with Crippen LogP contribution in [0.1, 0.15) is 5.82 Å². The Morgan fingerprint density at radius 2 is 1.79 bits per heavy atom. The van der Waals surface area contributed by atoms with Gasteiger partial charge in [-0.15, -0.1) is 10.2 Å². The largest absolute Gasteiger partial charge is 0.486 e. The molecule has 0 aliphatic heterocycles. The highest BCUT2D eigenvalue weighted by atomic mass is 35.5. The number of benzene rings is 2. The summed E-state index contributed by atoms with van der Waals surface area (Å²) in [5.74, 6) is 1.96. The summed E-state index contributed by atoms with van der Waals surface area (Å²) < 4.78 is 7.73. The smallest absolute Gasteiger partial charge is 0.196 e. The molecule has 7 heteroatoms. The third-order valence-electron chi connectivity index (χ3n) is 3.22. The molecule has 0 amide bonds. The van der Waals surface area contributed by atoms with Gasteiger partial charge in [-0.05, 0) is 36.4 Å². The minimum absolute atomic E-state index is 0.0862. The number of ether oxygens (including phenoxy) is 1. The Balaban J connectivity index is 1.84. The lowest BCUT2D eigenvalue weighted by Gasteiger charge is -2.11. The molecular weight excluding hydrogens is 346 g/mol. The fraction of sp³-hybridized carbons (Fsp3) is 0.176. The number of aliphatic hydroxyl groups is 1. The van der Waals surface area contributed by atoms with Gasteiger partial charge in [-0.1, -0.05) is 41.6 Å². The monoisotopic (exact) mass is 361 g/mol. The van der Waals surface area contributed by atoms with Crippen LogP contribution in [0.15, 0.2) is 59.8 Å². The number of hydrogen-bond donors (Lipinski definition) is 1. The van der Waals surface area contributed by atoms with Crippen molar-refractivity contribution in [3.05, 3.63) is 65.4 Å². The number of nitrogens with zero attached hydrogens (tertiary/aromatic N) is 3. The van der Waals surface area contributed by atoms with Crippen molar-refractivity contribution in [3.63, 3.8) is 0 Å². The Bertz CT molecular complexity index is 778. The van der Waals surface area contributed by atoms with Crippen LogP contribution in [0.3, 0.4) is 0 Å². The van der Waals surface area contributed by atoms with E-state index < -0.39 is 0 Å². The fourth-order valence-electron chi connectivity index (χ4n) is 2.14. The summed E-state index contributed by atoms with van der Waals surface area (Å²) >= 11 is 7.33. The Hall–Kier alpha value is -2.02. The highest BCUT2D eigenvalue weighted by molar-refractivity contribution is 7.99. The summed E-state index contributed by atoms with van der Waals surface area (Å²) in [5.41, 5.74) is 0.956. The van der Waals surface area contributed by atoms with Gasteiger partial charge in [-0.3, -0.25) is 4.57 Å². The standard InChI is InChI=1S/C17H16ClN3O2S/c18-13-6-8-15(9-7-13)23-12-16-19-20-17(24-11-10-22)21(16)14-4-2-1-3-5-14/h1-9,22H,10-12H2. The molecule has 2 aromatic carbocycles. The molecule has 0 aliphatic rings. The molecule has 0 bridgehead atoms. The number of aromatic nitrogens is 3. The molecule has 3 aromatic rings. The number of hydrogen-bond acceptors (Lipinski definition) is 5. The first-order valence-electron chi connectivity index (χ1n) is 7.39. The molecule has 124 valence electrons. The van der Waals surface area contributed by atoms with Gasteiger partial charge in [0.15, 0.2) is 11.0 Å². The molecule has 0 fully saturated rings. The molecule has 0 unspecified atom stereocenters. The molecule has 0 saturated carbocycles. The maximum atomic E-state index is 9.06. The van der Waals surface area contributed by atoms with Crippen LogP contribution in [0.4, 0.5) is 0 Å². The summed E-state index contributed by atoms with van der Waals surface area (Å²) in [6.45, 7) is 0.367. The number of para-hydroxylation sites is 1. The van der Waals surface area contributed by atoms with Gasteiger partial charge >= 0.3 is 0 Å². The van der Waals surface area contributed by atoms with E-state index in [1.165, 1.54) is 11.8 Å². The number of halogens is 1. The van der Waals surface area contributed by atoms with Crippen molar-refractivity contribution >= 4 is 23.4 Å². The summed E-state index contributed by atoms with van der Waals surface area (Å²) in [7, 11) is 0. The van der Waals surface area contributed by atoms with Crippen LogP contribution in [0.2, 0.25) is 5.02 Å². The number of thioether (sulfide) groups is 1. The van der Waals surface area contributed by atoms with Crippen molar-refractivity contribution in [2.45, 2.75) is 11.8 Å². The maximum absolute atomic E-state index is 9.06. The van der Waals surface area contributed by atoms with Crippen LogP contribution in [0, 0.1) is 0 Å². The molecular formula is C17H16ClN3O2S. The maximum Gasteiger partial charge on any atom is 0.196 e. The molecule has 5 nitrogen and oxygen atoms in total. The SMILES string of the molecule is OCCSc1nnc(COc2ccc(Cl)cc2)n1-c1ccccc1. The van der Waals surface area contributed by atoms with Crippen LogP contribution < -0.4 is 4.74 Å². The van der Waals surface area contributed by atoms with Crippen molar-refractivity contribution in [2.24, 2.45) is 0 Å². The van der Waals surface area contributed by atoms with Gasteiger partial charge in [0.05, 0.1) is 6.61 Å². The zero-order chi connectivity index (χ0) is 16.8. The van der Waals surface area contributed by atoms with Crippen LogP contribution in [0.25, 0.3) is 5.69 Å². The molecule has 0 aliphatic carbocycles. The molecule has 0 atom stereocenters. The van der Waals surface area contributed by atoms with Gasteiger partial charge in [-0.25, -0.2) is 0 Å². The van der Waals surface area contributed by atoms with E-state index in [2.05, 4.69) is 10.2 Å². The Labute approximate surface area is 149 Å². The number of rotatable bonds is 7. The van der Waals surface area contributed by atoms with E-state index >= 15 is 0 Å². The second-order valence-corrected chi connectivity index (χ2v) is 6.38. The van der Waals surface area contributed by atoms with Crippen molar-refractivity contribution in [3.8, 4) is 11.4 Å². The van der Waals surface area contributed by atoms with E-state index in [0.29, 0.717) is 22.3 Å². The van der Waals surface area contributed by atoms with E-state index in [-0.39, 0.29) is 13.2 Å². The molecule has 0 radical (unpaired) electrons. The Morgan fingerprint density at radius 1 is 1.04 bits per heavy atom. The molecule has 0 saturated heterocycles. The fourth-order valence-corrected chi connectivity index (χ4v) is 2.98. The van der Waals surface area contributed by atoms with Crippen molar-refractivity contribution in [1.82, 2.24) is 14.8 Å². The molecule has 24 heavy (non-hydrogen) atoms. The van der Waals surface area contributed by atoms with Gasteiger partial charge < -0.3 is 9.84 Å². The highest BCUT2D eigenvalue weighted by Crippen LogP contribution is 2.23. The van der Waals surface area contributed by atoms with E-state index in [1.54, 1.807) is 12.1 Å². The molecule has 3 rings (SSSR count). The van der Waals surface area contributed by atoms with Gasteiger partial charge in [-0.2, -0.15) is 0 Å². The van der Waals surface area contributed by atoms with Gasteiger partial charge in [0.1, 0.15) is 12.4 Å². The van der Waals surface area contributed by atoms with Crippen molar-refractivity contribution in [1.29, 1.82) is 0 Å². The minimum Gasteiger partial charge on any atom is -0.486 e.